The van der Waals surface area contributed by atoms with Gasteiger partial charge in [0.1, 0.15) is 29.6 Å². The van der Waals surface area contributed by atoms with Gasteiger partial charge in [-0.1, -0.05) is 11.6 Å². The highest BCUT2D eigenvalue weighted by molar-refractivity contribution is 6.32. The van der Waals surface area contributed by atoms with Crippen LogP contribution in [0.2, 0.25) is 5.02 Å². The fourth-order valence-electron chi connectivity index (χ4n) is 5.75. The van der Waals surface area contributed by atoms with Gasteiger partial charge < -0.3 is 25.6 Å². The molecule has 41 heavy (non-hydrogen) atoms. The van der Waals surface area contributed by atoms with Crippen LogP contribution in [-0.2, 0) is 12.9 Å². The summed E-state index contributed by atoms with van der Waals surface area (Å²) < 4.78 is 63.2. The van der Waals surface area contributed by atoms with Crippen molar-refractivity contribution in [3.63, 3.8) is 0 Å². The summed E-state index contributed by atoms with van der Waals surface area (Å²) in [5.74, 6) is 0.255. The van der Waals surface area contributed by atoms with Crippen LogP contribution in [0.4, 0.5) is 29.2 Å². The van der Waals surface area contributed by atoms with Crippen LogP contribution in [0.3, 0.4) is 0 Å². The van der Waals surface area contributed by atoms with Crippen LogP contribution >= 0.6 is 11.6 Å². The van der Waals surface area contributed by atoms with E-state index in [2.05, 4.69) is 25.2 Å². The Kier molecular flexibility index (Phi) is 7.53. The average molecular weight is 595 g/mol. The van der Waals surface area contributed by atoms with E-state index in [0.717, 1.165) is 38.5 Å². The molecule has 9 nitrogen and oxygen atoms in total. The van der Waals surface area contributed by atoms with Crippen LogP contribution < -0.4 is 20.7 Å². The molecule has 0 aromatic carbocycles. The van der Waals surface area contributed by atoms with E-state index >= 15 is 0 Å². The molecular formula is C27H31ClF4N8O. The van der Waals surface area contributed by atoms with Gasteiger partial charge in [0.05, 0.1) is 28.2 Å². The van der Waals surface area contributed by atoms with Crippen molar-refractivity contribution in [3.8, 4) is 17.4 Å². The molecule has 3 fully saturated rings. The van der Waals surface area contributed by atoms with Crippen LogP contribution in [0, 0.1) is 5.41 Å². The molecule has 0 amide bonds. The van der Waals surface area contributed by atoms with Crippen LogP contribution in [0.1, 0.15) is 36.8 Å². The van der Waals surface area contributed by atoms with Crippen LogP contribution in [-0.4, -0.2) is 77.3 Å². The van der Waals surface area contributed by atoms with Gasteiger partial charge in [0.15, 0.2) is 0 Å². The molecule has 220 valence electrons. The highest BCUT2D eigenvalue weighted by Gasteiger charge is 2.45. The second-order valence-electron chi connectivity index (χ2n) is 11.1. The van der Waals surface area contributed by atoms with Gasteiger partial charge in [-0.3, -0.25) is 4.98 Å². The maximum atomic E-state index is 14.8. The number of alkyl halides is 4. The number of nitrogen functional groups attached to an aromatic ring is 1. The zero-order chi connectivity index (χ0) is 28.8. The minimum Gasteiger partial charge on any atom is -0.463 e. The van der Waals surface area contributed by atoms with E-state index in [1.165, 1.54) is 19.0 Å². The van der Waals surface area contributed by atoms with E-state index in [9.17, 15) is 17.6 Å². The minimum absolute atomic E-state index is 0.0219. The third kappa shape index (κ3) is 5.71. The first kappa shape index (κ1) is 28.1. The third-order valence-electron chi connectivity index (χ3n) is 8.07. The lowest BCUT2D eigenvalue weighted by Gasteiger charge is -2.29. The van der Waals surface area contributed by atoms with Crippen molar-refractivity contribution < 1.29 is 22.3 Å². The molecule has 0 unspecified atom stereocenters. The van der Waals surface area contributed by atoms with Gasteiger partial charge >= 0.3 is 12.2 Å². The number of nitrogens with zero attached hydrogens (tertiary/aromatic N) is 6. The smallest absolute Gasteiger partial charge is 0.420 e. The normalized spacial score (nSPS) is 19.2. The van der Waals surface area contributed by atoms with Crippen LogP contribution in [0.25, 0.3) is 22.3 Å². The fourth-order valence-corrected chi connectivity index (χ4v) is 6.06. The van der Waals surface area contributed by atoms with Crippen LogP contribution in [0.15, 0.2) is 12.3 Å². The summed E-state index contributed by atoms with van der Waals surface area (Å²) >= 11 is 5.96. The second-order valence-corrected chi connectivity index (χ2v) is 11.5. The number of rotatable bonds is 8. The molecule has 6 rings (SSSR count). The second kappa shape index (κ2) is 11.0. The molecule has 3 aliphatic rings. The number of halogens is 5. The Morgan fingerprint density at radius 1 is 1.05 bits per heavy atom. The van der Waals surface area contributed by atoms with Gasteiger partial charge in [-0.25, -0.2) is 9.37 Å². The van der Waals surface area contributed by atoms with E-state index in [4.69, 9.17) is 27.1 Å². The Morgan fingerprint density at radius 2 is 1.78 bits per heavy atom. The number of nitrogens with one attached hydrogen (secondary N) is 1. The maximum Gasteiger partial charge on any atom is 0.420 e. The topological polar surface area (TPSA) is 105 Å². The lowest BCUT2D eigenvalue weighted by Crippen LogP contribution is -2.44. The molecule has 0 spiro atoms. The molecule has 0 atom stereocenters. The number of anilines is 2. The molecule has 0 radical (unpaired) electrons. The predicted octanol–water partition coefficient (Wildman–Crippen LogP) is 4.48. The first-order valence-corrected chi connectivity index (χ1v) is 14.2. The molecule has 1 saturated carbocycles. The van der Waals surface area contributed by atoms with Gasteiger partial charge in [-0.05, 0) is 44.8 Å². The van der Waals surface area contributed by atoms with E-state index in [-0.39, 0.29) is 34.0 Å². The van der Waals surface area contributed by atoms with Gasteiger partial charge in [0, 0.05) is 49.9 Å². The highest BCUT2D eigenvalue weighted by atomic mass is 35.5. The Labute approximate surface area is 239 Å². The number of hydrogen-bond donors (Lipinski definition) is 2. The molecular weight excluding hydrogens is 564 g/mol. The molecule has 5 heterocycles. The molecule has 3 aromatic rings. The predicted molar refractivity (Wildman–Crippen MR) is 148 cm³/mol. The van der Waals surface area contributed by atoms with Crippen molar-refractivity contribution in [1.29, 1.82) is 0 Å². The molecule has 2 saturated heterocycles. The number of aromatic nitrogens is 4. The average Bonchev–Trinajstić information content (AvgIpc) is 3.51. The van der Waals surface area contributed by atoms with E-state index in [0.29, 0.717) is 44.0 Å². The monoisotopic (exact) mass is 594 g/mol. The Bertz CT molecular complexity index is 1440. The SMILES string of the molecule is Nc1cc(Cl)c(C(F)(F)F)c(-c2ncc3c(N4CCNCC4)nc(OCC4(CN5CCCC5)CC4)nc3c2CF)n1. The first-order valence-electron chi connectivity index (χ1n) is 13.8. The van der Waals surface area contributed by atoms with Crippen LogP contribution in [0.5, 0.6) is 6.01 Å². The molecule has 0 bridgehead atoms. The number of piperazine rings is 1. The summed E-state index contributed by atoms with van der Waals surface area (Å²) in [6.07, 6.45) is 0.951. The minimum atomic E-state index is -4.88. The van der Waals surface area contributed by atoms with Gasteiger partial charge in [0.25, 0.3) is 0 Å². The summed E-state index contributed by atoms with van der Waals surface area (Å²) in [6.45, 7) is 5.04. The van der Waals surface area contributed by atoms with E-state index in [1.54, 1.807) is 0 Å². The summed E-state index contributed by atoms with van der Waals surface area (Å²) in [4.78, 5) is 21.9. The van der Waals surface area contributed by atoms with Gasteiger partial charge in [-0.15, -0.1) is 0 Å². The standard InChI is InChI=1S/C27H31ClF4N8O/c28-18-11-19(33)36-23(20(18)27(30,31)32)22-16(12-29)21-17(13-35-22)24(40-9-5-34-6-10-40)38-25(37-21)41-15-26(3-4-26)14-39-7-1-2-8-39/h11,13,34H,1-10,12,14-15H2,(H2,33,36). The summed E-state index contributed by atoms with van der Waals surface area (Å²) in [7, 11) is 0. The lowest BCUT2D eigenvalue weighted by atomic mass is 10.0. The van der Waals surface area contributed by atoms with Crippen molar-refractivity contribution in [2.75, 3.05) is 63.1 Å². The number of nitrogens with two attached hydrogens (primary N) is 1. The molecule has 3 N–H and O–H groups in total. The number of hydrogen-bond acceptors (Lipinski definition) is 9. The summed E-state index contributed by atoms with van der Waals surface area (Å²) in [5, 5.41) is 3.05. The number of likely N-dealkylation sites (tertiary alicyclic amines) is 1. The number of fused-ring (bicyclic) bond motifs is 1. The molecule has 2 aliphatic heterocycles. The fraction of sp³-hybridized carbons (Fsp3) is 0.556. The third-order valence-corrected chi connectivity index (χ3v) is 8.37. The Hall–Kier alpha value is -3.03. The zero-order valence-electron chi connectivity index (χ0n) is 22.4. The Balaban J connectivity index is 1.45. The first-order chi connectivity index (χ1) is 19.7. The lowest BCUT2D eigenvalue weighted by molar-refractivity contribution is -0.137. The van der Waals surface area contributed by atoms with Crippen molar-refractivity contribution in [2.24, 2.45) is 5.41 Å². The highest BCUT2D eigenvalue weighted by Crippen LogP contribution is 2.47. The number of pyridine rings is 2. The largest absolute Gasteiger partial charge is 0.463 e. The zero-order valence-corrected chi connectivity index (χ0v) is 23.2. The van der Waals surface area contributed by atoms with Crippen molar-refractivity contribution >= 4 is 34.1 Å². The van der Waals surface area contributed by atoms with E-state index < -0.39 is 29.1 Å². The quantitative estimate of drug-likeness (QED) is 0.365. The van der Waals surface area contributed by atoms with Crippen molar-refractivity contribution in [1.82, 2.24) is 30.2 Å². The summed E-state index contributed by atoms with van der Waals surface area (Å²) in [6, 6.07) is 0.969. The van der Waals surface area contributed by atoms with Gasteiger partial charge in [0.2, 0.25) is 0 Å². The van der Waals surface area contributed by atoms with Crippen molar-refractivity contribution in [2.45, 2.75) is 38.5 Å². The molecule has 1 aliphatic carbocycles. The van der Waals surface area contributed by atoms with Crippen molar-refractivity contribution in [3.05, 3.63) is 28.4 Å². The molecule has 14 heteroatoms. The number of ether oxygens (including phenoxy) is 1. The van der Waals surface area contributed by atoms with E-state index in [1.807, 2.05) is 4.90 Å². The van der Waals surface area contributed by atoms with Gasteiger partial charge in [-0.2, -0.15) is 23.1 Å². The Morgan fingerprint density at radius 3 is 2.44 bits per heavy atom. The maximum absolute atomic E-state index is 14.8. The summed E-state index contributed by atoms with van der Waals surface area (Å²) in [5.41, 5.74) is 3.52. The molecule has 3 aromatic heterocycles.